The van der Waals surface area contributed by atoms with E-state index >= 15 is 0 Å². The van der Waals surface area contributed by atoms with E-state index < -0.39 is 16.1 Å². The zero-order valence-corrected chi connectivity index (χ0v) is 63.2. The van der Waals surface area contributed by atoms with Gasteiger partial charge in [0, 0.05) is 83.4 Å². The fourth-order valence-electron chi connectivity index (χ4n) is 15.5. The van der Waals surface area contributed by atoms with E-state index in [-0.39, 0.29) is 40.8 Å². The van der Waals surface area contributed by atoms with Crippen LogP contribution in [0, 0.1) is 24.3 Å². The first-order chi connectivity index (χ1) is 51.6. The zero-order valence-electron chi connectivity index (χ0n) is 56.4. The maximum Gasteiger partial charge on any atom is 2.00 e. The number of rotatable bonds is 12. The second kappa shape index (κ2) is 28.9. The monoisotopic (exact) mass is 1610 g/mol. The van der Waals surface area contributed by atoms with Crippen molar-refractivity contribution in [1.29, 1.82) is 0 Å². The summed E-state index contributed by atoms with van der Waals surface area (Å²) >= 11 is 3.68. The molecule has 508 valence electrons. The van der Waals surface area contributed by atoms with Gasteiger partial charge in [-0.15, -0.1) is 107 Å². The van der Waals surface area contributed by atoms with Crippen molar-refractivity contribution in [2.75, 3.05) is 9.80 Å². The molecule has 0 amide bonds. The van der Waals surface area contributed by atoms with Gasteiger partial charge in [0.15, 0.2) is 16.1 Å². The molecule has 0 unspecified atom stereocenters. The van der Waals surface area contributed by atoms with E-state index in [9.17, 15) is 0 Å². The molecule has 0 saturated carbocycles. The maximum atomic E-state index is 6.50. The van der Waals surface area contributed by atoms with Crippen LogP contribution in [0.15, 0.2) is 352 Å². The number of pyridine rings is 4. The van der Waals surface area contributed by atoms with Gasteiger partial charge in [0.05, 0.1) is 16.1 Å². The fraction of sp³-hybridized carbons (Fsp3) is 0. The number of ether oxygens (including phenoxy) is 2. The first kappa shape index (κ1) is 67.8. The van der Waals surface area contributed by atoms with Crippen molar-refractivity contribution >= 4 is 155 Å². The molecule has 2 aliphatic rings. The summed E-state index contributed by atoms with van der Waals surface area (Å²) in [5, 5.41) is 15.3. The minimum absolute atomic E-state index is 0. The zero-order chi connectivity index (χ0) is 69.0. The number of aromatic nitrogens is 4. The van der Waals surface area contributed by atoms with Crippen molar-refractivity contribution in [1.82, 2.24) is 19.9 Å². The number of nitrogens with zero attached hydrogens (tertiary/aromatic N) is 6. The quantitative estimate of drug-likeness (QED) is 0.0885. The molecule has 12 aromatic carbocycles. The second-order valence-electron chi connectivity index (χ2n) is 25.5. The minimum Gasteiger partial charge on any atom is -0.503 e. The molecule has 0 atom stereocenters. The molecular formula is C92H58N6O2Pd2S2Si2. The van der Waals surface area contributed by atoms with E-state index in [1.807, 2.05) is 132 Å². The summed E-state index contributed by atoms with van der Waals surface area (Å²) in [5.74, 6) is 4.20. The van der Waals surface area contributed by atoms with Gasteiger partial charge in [-0.1, -0.05) is 236 Å². The van der Waals surface area contributed by atoms with Crippen LogP contribution < -0.4 is 60.8 Å². The van der Waals surface area contributed by atoms with Crippen LogP contribution in [-0.4, -0.2) is 36.1 Å². The van der Waals surface area contributed by atoms with E-state index in [4.69, 9.17) is 19.4 Å². The van der Waals surface area contributed by atoms with E-state index in [2.05, 4.69) is 275 Å². The summed E-state index contributed by atoms with van der Waals surface area (Å²) in [4.78, 5) is 24.1. The topological polar surface area (TPSA) is 76.5 Å². The third-order valence-corrected chi connectivity index (χ3v) is 31.7. The smallest absolute Gasteiger partial charge is 0.503 e. The number of hydrogen-bond acceptors (Lipinski definition) is 10. The van der Waals surface area contributed by atoms with Gasteiger partial charge in [0.1, 0.15) is 11.6 Å². The van der Waals surface area contributed by atoms with Gasteiger partial charge >= 0.3 is 40.8 Å². The summed E-state index contributed by atoms with van der Waals surface area (Å²) < 4.78 is 18.0. The van der Waals surface area contributed by atoms with E-state index in [0.29, 0.717) is 23.0 Å². The van der Waals surface area contributed by atoms with E-state index in [1.165, 1.54) is 81.8 Å². The van der Waals surface area contributed by atoms with Crippen LogP contribution in [0.1, 0.15) is 0 Å². The molecule has 0 bridgehead atoms. The molecule has 14 heteroatoms. The Morgan fingerprint density at radius 3 is 1.18 bits per heavy atom. The molecule has 0 radical (unpaired) electrons. The summed E-state index contributed by atoms with van der Waals surface area (Å²) in [7, 11) is -5.78. The van der Waals surface area contributed by atoms with Crippen molar-refractivity contribution in [2.24, 2.45) is 0 Å². The number of thiophene rings is 2. The largest absolute Gasteiger partial charge is 2.00 e. The molecule has 0 spiro atoms. The van der Waals surface area contributed by atoms with E-state index in [0.717, 1.165) is 56.9 Å². The summed E-state index contributed by atoms with van der Waals surface area (Å²) in [6, 6.07) is 130. The Hall–Kier alpha value is -11.4. The van der Waals surface area contributed by atoms with Crippen LogP contribution in [0.4, 0.5) is 34.4 Å². The summed E-state index contributed by atoms with van der Waals surface area (Å²) in [5.41, 5.74) is 7.43. The maximum absolute atomic E-state index is 6.50. The first-order valence-corrected chi connectivity index (χ1v) is 40.1. The van der Waals surface area contributed by atoms with E-state index in [1.54, 1.807) is 12.4 Å². The average Bonchev–Trinajstić information content (AvgIpc) is 1.08. The third-order valence-electron chi connectivity index (χ3n) is 19.8. The van der Waals surface area contributed by atoms with Crippen molar-refractivity contribution in [3.63, 3.8) is 0 Å². The molecular weight excluding hydrogens is 1550 g/mol. The van der Waals surface area contributed by atoms with Gasteiger partial charge in [-0.2, -0.15) is 12.1 Å². The summed E-state index contributed by atoms with van der Waals surface area (Å²) in [6.07, 6.45) is 7.40. The molecule has 2 aliphatic heterocycles. The van der Waals surface area contributed by atoms with Crippen LogP contribution in [-0.2, 0) is 40.8 Å². The number of anilines is 6. The number of hydrogen-bond donors (Lipinski definition) is 0. The molecule has 6 aromatic heterocycles. The normalized spacial score (nSPS) is 12.9. The molecule has 8 heterocycles. The van der Waals surface area contributed by atoms with Crippen molar-refractivity contribution in [2.45, 2.75) is 0 Å². The molecule has 0 aliphatic carbocycles. The Morgan fingerprint density at radius 1 is 0.283 bits per heavy atom. The van der Waals surface area contributed by atoms with Crippen molar-refractivity contribution < 1.29 is 50.3 Å². The summed E-state index contributed by atoms with van der Waals surface area (Å²) in [6.45, 7) is 0. The van der Waals surface area contributed by atoms with Crippen LogP contribution in [0.5, 0.6) is 23.0 Å². The Labute approximate surface area is 651 Å². The van der Waals surface area contributed by atoms with Gasteiger partial charge in [0.25, 0.3) is 0 Å². The fourth-order valence-corrected chi connectivity index (χ4v) is 28.0. The minimum atomic E-state index is -2.90. The Balaban J connectivity index is 0.000000153. The van der Waals surface area contributed by atoms with Gasteiger partial charge in [-0.05, 0) is 95.3 Å². The first-order valence-electron chi connectivity index (χ1n) is 34.5. The molecule has 0 fully saturated rings. The van der Waals surface area contributed by atoms with Crippen LogP contribution in [0.3, 0.4) is 0 Å². The molecule has 106 heavy (non-hydrogen) atoms. The average molecular weight is 1610 g/mol. The van der Waals surface area contributed by atoms with Crippen molar-refractivity contribution in [3.05, 3.63) is 377 Å². The third kappa shape index (κ3) is 11.6. The molecule has 20 rings (SSSR count). The molecule has 0 saturated heterocycles. The Kier molecular flexibility index (Phi) is 18.5. The SMILES string of the molecule is [Pd+2].[Pd+2].[c-]1c(Oc2[c-]c(N3c4ncccc4[Si](c4ccccc4)(c4ccccc4)c4ccc5c(sc6ccccc65)c43)ccc2)cccc1-c1ccccn1.[c-]1c(Oc2[c-]c(N3c4ncccc4[Si](c4ccccc4)(c4ccccc4)c4ccc5sc6ccccc6c5c43)ccc2)cccc1-c1ccccn1. The van der Waals surface area contributed by atoms with Gasteiger partial charge in [0.2, 0.25) is 0 Å². The Morgan fingerprint density at radius 2 is 0.689 bits per heavy atom. The number of benzene rings is 12. The van der Waals surface area contributed by atoms with Crippen LogP contribution in [0.2, 0.25) is 0 Å². The van der Waals surface area contributed by atoms with Crippen LogP contribution >= 0.6 is 22.7 Å². The van der Waals surface area contributed by atoms with Crippen LogP contribution in [0.25, 0.3) is 62.9 Å². The standard InChI is InChI=1S/2C46H29N3OSSi.2Pd/c1-3-18-36(19-4-1)52(37-20-5-2-6-21-37)42-27-26-39-38-22-7-8-24-41(38)51-45(39)44(42)49(46-43(52)25-13-29-48-46)33-15-12-17-35(31-33)50-34-16-11-14-32(30-34)40-23-9-10-28-47-40;1-3-18-36(19-4-1)52(37-20-5-2-6-21-37)42-27-26-41-44(38-22-7-8-24-40(38)51-41)45(42)49(46-43(52)25-13-29-48-46)33-15-12-17-35(31-33)50-34-16-11-14-32(30-34)39-23-9-10-28-47-39;;/h2*1-29H;;/q2*-2;2*+2. The predicted octanol–water partition coefficient (Wildman–Crippen LogP) is 18.1. The Bertz CT molecular complexity index is 6160. The molecule has 0 N–H and O–H groups in total. The van der Waals surface area contributed by atoms with Gasteiger partial charge in [-0.25, -0.2) is 9.97 Å². The van der Waals surface area contributed by atoms with Gasteiger partial charge in [-0.3, -0.25) is 0 Å². The van der Waals surface area contributed by atoms with Crippen molar-refractivity contribution in [3.8, 4) is 45.5 Å². The van der Waals surface area contributed by atoms with Gasteiger partial charge < -0.3 is 29.2 Å². The number of fused-ring (bicyclic) bond motifs is 12. The second-order valence-corrected chi connectivity index (χ2v) is 35.1. The predicted molar refractivity (Wildman–Crippen MR) is 433 cm³/mol. The molecule has 18 aromatic rings. The molecule has 8 nitrogen and oxygen atoms in total.